The van der Waals surface area contributed by atoms with Crippen molar-refractivity contribution in [1.29, 1.82) is 5.26 Å². The molecule has 4 nitrogen and oxygen atoms in total. The molecule has 122 valence electrons. The summed E-state index contributed by atoms with van der Waals surface area (Å²) in [5, 5.41) is 8.60. The van der Waals surface area contributed by atoms with E-state index in [1.807, 2.05) is 6.07 Å². The van der Waals surface area contributed by atoms with Crippen LogP contribution in [0.5, 0.6) is 11.5 Å². The molecule has 0 spiro atoms. The first-order valence-electron chi connectivity index (χ1n) is 6.90. The van der Waals surface area contributed by atoms with Crippen LogP contribution in [0.2, 0.25) is 5.02 Å². The summed E-state index contributed by atoms with van der Waals surface area (Å²) < 4.78 is 23.4. The lowest BCUT2D eigenvalue weighted by atomic mass is 10.1. The number of ether oxygens (including phenoxy) is 2. The maximum Gasteiger partial charge on any atom is 0.187 e. The van der Waals surface area contributed by atoms with E-state index in [4.69, 9.17) is 26.3 Å². The Hall–Kier alpha value is -2.84. The molecule has 6 heteroatoms. The number of halogens is 2. The van der Waals surface area contributed by atoms with E-state index < -0.39 is 5.82 Å². The zero-order valence-electron chi connectivity index (χ0n) is 12.8. The van der Waals surface area contributed by atoms with Crippen LogP contribution in [0.25, 0.3) is 6.08 Å². The summed E-state index contributed by atoms with van der Waals surface area (Å²) >= 11 is 5.87. The van der Waals surface area contributed by atoms with Crippen LogP contribution in [0, 0.1) is 17.1 Å². The predicted octanol–water partition coefficient (Wildman–Crippen LogP) is 4.29. The monoisotopic (exact) mass is 345 g/mol. The van der Waals surface area contributed by atoms with Gasteiger partial charge in [-0.3, -0.25) is 4.79 Å². The van der Waals surface area contributed by atoms with Gasteiger partial charge in [0.15, 0.2) is 23.9 Å². The molecule has 2 rings (SSSR count). The fourth-order valence-corrected chi connectivity index (χ4v) is 2.23. The Balaban J connectivity index is 2.19. The minimum atomic E-state index is -0.502. The molecule has 0 heterocycles. The number of carbonyl (C=O) groups excluding carboxylic acids is 1. The molecule has 0 saturated heterocycles. The molecule has 2 aromatic rings. The van der Waals surface area contributed by atoms with Crippen LogP contribution in [0.3, 0.4) is 0 Å². The van der Waals surface area contributed by atoms with E-state index in [9.17, 15) is 9.18 Å². The fourth-order valence-electron chi connectivity index (χ4n) is 1.97. The molecule has 0 aromatic heterocycles. The quantitative estimate of drug-likeness (QED) is 0.579. The number of ketones is 1. The zero-order valence-corrected chi connectivity index (χ0v) is 13.5. The highest BCUT2D eigenvalue weighted by Crippen LogP contribution is 2.28. The Morgan fingerprint density at radius 1 is 1.29 bits per heavy atom. The first kappa shape index (κ1) is 17.5. The summed E-state index contributed by atoms with van der Waals surface area (Å²) in [6.45, 7) is -0.0902. The lowest BCUT2D eigenvalue weighted by Gasteiger charge is -2.08. The normalized spacial score (nSPS) is 10.4. The third-order valence-electron chi connectivity index (χ3n) is 3.10. The van der Waals surface area contributed by atoms with Gasteiger partial charge in [-0.15, -0.1) is 0 Å². The van der Waals surface area contributed by atoms with Crippen molar-refractivity contribution < 1.29 is 18.7 Å². The molecule has 0 unspecified atom stereocenters. The van der Waals surface area contributed by atoms with Crippen LogP contribution in [0.15, 0.2) is 42.5 Å². The Morgan fingerprint density at radius 3 is 2.75 bits per heavy atom. The fraction of sp³-hybridized carbons (Fsp3) is 0.111. The molecule has 0 amide bonds. The van der Waals surface area contributed by atoms with Crippen molar-refractivity contribution in [2.75, 3.05) is 13.7 Å². The summed E-state index contributed by atoms with van der Waals surface area (Å²) in [5.41, 5.74) is 0.915. The molecular weight excluding hydrogens is 333 g/mol. The Labute approximate surface area is 143 Å². The average Bonchev–Trinajstić information content (AvgIpc) is 2.58. The van der Waals surface area contributed by atoms with Crippen molar-refractivity contribution in [3.05, 3.63) is 64.4 Å². The van der Waals surface area contributed by atoms with Gasteiger partial charge in [0.2, 0.25) is 0 Å². The van der Waals surface area contributed by atoms with E-state index in [0.29, 0.717) is 17.1 Å². The van der Waals surface area contributed by atoms with Gasteiger partial charge in [0, 0.05) is 5.56 Å². The van der Waals surface area contributed by atoms with Crippen molar-refractivity contribution in [1.82, 2.24) is 0 Å². The van der Waals surface area contributed by atoms with Crippen LogP contribution < -0.4 is 9.47 Å². The number of methoxy groups -OCH3 is 1. The van der Waals surface area contributed by atoms with Crippen LogP contribution >= 0.6 is 11.6 Å². The average molecular weight is 346 g/mol. The van der Waals surface area contributed by atoms with Crippen LogP contribution in [0.4, 0.5) is 4.39 Å². The summed E-state index contributed by atoms with van der Waals surface area (Å²) in [5.74, 6) is 0.0331. The lowest BCUT2D eigenvalue weighted by molar-refractivity contribution is 0.104. The van der Waals surface area contributed by atoms with Gasteiger partial charge in [-0.05, 0) is 42.0 Å². The number of allylic oxidation sites excluding steroid dienone is 1. The van der Waals surface area contributed by atoms with E-state index in [1.54, 1.807) is 24.3 Å². The molecule has 0 aliphatic rings. The third-order valence-corrected chi connectivity index (χ3v) is 3.42. The van der Waals surface area contributed by atoms with Gasteiger partial charge in [-0.1, -0.05) is 23.7 Å². The molecule has 0 atom stereocenters. The Kier molecular flexibility index (Phi) is 5.94. The molecule has 0 saturated carbocycles. The Bertz CT molecular complexity index is 827. The molecule has 0 radical (unpaired) electrons. The highest BCUT2D eigenvalue weighted by molar-refractivity contribution is 6.34. The minimum Gasteiger partial charge on any atom is -0.493 e. The van der Waals surface area contributed by atoms with Gasteiger partial charge < -0.3 is 9.47 Å². The highest BCUT2D eigenvalue weighted by Gasteiger charge is 2.09. The smallest absolute Gasteiger partial charge is 0.187 e. The molecule has 24 heavy (non-hydrogen) atoms. The molecule has 0 N–H and O–H groups in total. The van der Waals surface area contributed by atoms with Crippen molar-refractivity contribution in [2.45, 2.75) is 0 Å². The lowest BCUT2D eigenvalue weighted by Crippen LogP contribution is -1.97. The molecule has 0 fully saturated rings. The molecule has 0 aliphatic heterocycles. The Morgan fingerprint density at radius 2 is 2.08 bits per heavy atom. The van der Waals surface area contributed by atoms with Crippen molar-refractivity contribution in [3.8, 4) is 17.6 Å². The molecule has 0 aliphatic carbocycles. The summed E-state index contributed by atoms with van der Waals surface area (Å²) in [6.07, 6.45) is 2.92. The van der Waals surface area contributed by atoms with Crippen LogP contribution in [0.1, 0.15) is 15.9 Å². The number of nitrogens with zero attached hydrogens (tertiary/aromatic N) is 1. The number of benzene rings is 2. The standard InChI is InChI=1S/C18H13ClFNO3/c1-23-18-10-12(3-7-17(18)24-9-8-21)2-6-16(22)14-5-4-13(20)11-15(14)19/h2-7,10-11H,9H2,1H3/b6-2+. The highest BCUT2D eigenvalue weighted by atomic mass is 35.5. The van der Waals surface area contributed by atoms with Crippen molar-refractivity contribution in [2.24, 2.45) is 0 Å². The minimum absolute atomic E-state index is 0.0579. The first-order chi connectivity index (χ1) is 11.5. The van der Waals surface area contributed by atoms with Gasteiger partial charge in [-0.25, -0.2) is 4.39 Å². The summed E-state index contributed by atoms with van der Waals surface area (Å²) in [6, 6.07) is 10.5. The van der Waals surface area contributed by atoms with E-state index in [2.05, 4.69) is 0 Å². The molecule has 0 bridgehead atoms. The third kappa shape index (κ3) is 4.34. The predicted molar refractivity (Wildman–Crippen MR) is 88.9 cm³/mol. The maximum absolute atomic E-state index is 13.0. The van der Waals surface area contributed by atoms with Gasteiger partial charge in [0.05, 0.1) is 12.1 Å². The number of hydrogen-bond acceptors (Lipinski definition) is 4. The number of carbonyl (C=O) groups is 1. The number of rotatable bonds is 6. The number of nitriles is 1. The second-order valence-electron chi connectivity index (χ2n) is 4.68. The largest absolute Gasteiger partial charge is 0.493 e. The van der Waals surface area contributed by atoms with Gasteiger partial charge in [0.1, 0.15) is 11.9 Å². The SMILES string of the molecule is COc1cc(/C=C/C(=O)c2ccc(F)cc2Cl)ccc1OCC#N. The van der Waals surface area contributed by atoms with Crippen LogP contribution in [-0.2, 0) is 0 Å². The van der Waals surface area contributed by atoms with Crippen molar-refractivity contribution >= 4 is 23.5 Å². The van der Waals surface area contributed by atoms with Gasteiger partial charge in [-0.2, -0.15) is 5.26 Å². The second-order valence-corrected chi connectivity index (χ2v) is 5.09. The van der Waals surface area contributed by atoms with E-state index in [0.717, 1.165) is 6.07 Å². The van der Waals surface area contributed by atoms with E-state index >= 15 is 0 Å². The second kappa shape index (κ2) is 8.14. The number of hydrogen-bond donors (Lipinski definition) is 0. The first-order valence-corrected chi connectivity index (χ1v) is 7.28. The summed E-state index contributed by atoms with van der Waals surface area (Å²) in [7, 11) is 1.48. The van der Waals surface area contributed by atoms with Crippen molar-refractivity contribution in [3.63, 3.8) is 0 Å². The zero-order chi connectivity index (χ0) is 17.5. The maximum atomic E-state index is 13.0. The molecule has 2 aromatic carbocycles. The van der Waals surface area contributed by atoms with Gasteiger partial charge in [0.25, 0.3) is 0 Å². The summed E-state index contributed by atoms with van der Waals surface area (Å²) in [4.78, 5) is 12.1. The molecular formula is C18H13ClFNO3. The topological polar surface area (TPSA) is 59.3 Å². The van der Waals surface area contributed by atoms with E-state index in [1.165, 1.54) is 25.3 Å². The van der Waals surface area contributed by atoms with Crippen LogP contribution in [-0.4, -0.2) is 19.5 Å². The van der Waals surface area contributed by atoms with E-state index in [-0.39, 0.29) is 23.0 Å². The van der Waals surface area contributed by atoms with Gasteiger partial charge >= 0.3 is 0 Å².